The smallest absolute Gasteiger partial charge is 0.242 e. The van der Waals surface area contributed by atoms with Crippen LogP contribution in [-0.2, 0) is 9.59 Å². The summed E-state index contributed by atoms with van der Waals surface area (Å²) in [5, 5.41) is 14.9. The summed E-state index contributed by atoms with van der Waals surface area (Å²) in [6.45, 7) is 2.10. The molecule has 0 spiro atoms. The number of carbonyl (C=O) groups is 2. The highest BCUT2D eigenvalue weighted by Gasteiger charge is 2.43. The lowest BCUT2D eigenvalue weighted by atomic mass is 9.97. The summed E-state index contributed by atoms with van der Waals surface area (Å²) >= 11 is 0. The van der Waals surface area contributed by atoms with E-state index in [9.17, 15) is 14.7 Å². The van der Waals surface area contributed by atoms with Gasteiger partial charge in [0.25, 0.3) is 0 Å². The van der Waals surface area contributed by atoms with Crippen LogP contribution in [0.4, 0.5) is 0 Å². The summed E-state index contributed by atoms with van der Waals surface area (Å²) in [5.41, 5.74) is -0.0912. The third-order valence-electron chi connectivity index (χ3n) is 4.44. The van der Waals surface area contributed by atoms with Gasteiger partial charge in [-0.05, 0) is 31.6 Å². The van der Waals surface area contributed by atoms with Gasteiger partial charge in [0.15, 0.2) is 0 Å². The van der Waals surface area contributed by atoms with Crippen molar-refractivity contribution in [3.05, 3.63) is 0 Å². The van der Waals surface area contributed by atoms with Gasteiger partial charge in [0, 0.05) is 18.9 Å². The van der Waals surface area contributed by atoms with Crippen LogP contribution in [0.25, 0.3) is 0 Å². The van der Waals surface area contributed by atoms with E-state index in [-0.39, 0.29) is 29.8 Å². The van der Waals surface area contributed by atoms with Crippen LogP contribution >= 0.6 is 0 Å². The highest BCUT2D eigenvalue weighted by atomic mass is 16.3. The minimum atomic E-state index is -0.408. The third kappa shape index (κ3) is 3.69. The van der Waals surface area contributed by atoms with Gasteiger partial charge in [-0.3, -0.25) is 9.59 Å². The summed E-state index contributed by atoms with van der Waals surface area (Å²) in [7, 11) is 0. The Kier molecular flexibility index (Phi) is 4.45. The molecule has 2 aliphatic rings. The topological polar surface area (TPSA) is 78.4 Å². The van der Waals surface area contributed by atoms with E-state index in [1.807, 2.05) is 0 Å². The Morgan fingerprint density at radius 2 is 1.95 bits per heavy atom. The quantitative estimate of drug-likeness (QED) is 0.659. The van der Waals surface area contributed by atoms with E-state index in [2.05, 4.69) is 10.6 Å². The number of aliphatic hydroxyl groups is 1. The minimum absolute atomic E-state index is 0.0912. The number of carbonyl (C=O) groups excluding carboxylic acids is 2. The number of hydrogen-bond donors (Lipinski definition) is 3. The fourth-order valence-electron chi connectivity index (χ4n) is 2.86. The van der Waals surface area contributed by atoms with E-state index in [0.29, 0.717) is 6.54 Å². The molecule has 5 heteroatoms. The van der Waals surface area contributed by atoms with Crippen LogP contribution in [0.15, 0.2) is 0 Å². The molecule has 3 N–H and O–H groups in total. The molecule has 19 heavy (non-hydrogen) atoms. The van der Waals surface area contributed by atoms with E-state index in [1.54, 1.807) is 0 Å². The molecule has 2 fully saturated rings. The van der Waals surface area contributed by atoms with Gasteiger partial charge in [-0.15, -0.1) is 0 Å². The van der Waals surface area contributed by atoms with E-state index in [0.717, 1.165) is 38.5 Å². The fraction of sp³-hybridized carbons (Fsp3) is 0.857. The molecule has 1 unspecified atom stereocenters. The molecule has 108 valence electrons. The van der Waals surface area contributed by atoms with Crippen LogP contribution in [-0.4, -0.2) is 36.1 Å². The Morgan fingerprint density at radius 3 is 2.42 bits per heavy atom. The van der Waals surface area contributed by atoms with Gasteiger partial charge in [0.2, 0.25) is 11.8 Å². The van der Waals surface area contributed by atoms with E-state index >= 15 is 0 Å². The standard InChI is InChI=1S/C14H24N2O3/c1-10(18)16-12(11-4-2-3-5-11)13(19)15-8-14(9-17)6-7-14/h11-12,17H,2-9H2,1H3,(H,15,19)(H,16,18). The molecule has 0 aliphatic heterocycles. The van der Waals surface area contributed by atoms with Gasteiger partial charge < -0.3 is 15.7 Å². The Labute approximate surface area is 114 Å². The van der Waals surface area contributed by atoms with Crippen LogP contribution in [0.1, 0.15) is 45.4 Å². The summed E-state index contributed by atoms with van der Waals surface area (Å²) < 4.78 is 0. The molecule has 0 aromatic rings. The second-order valence-electron chi connectivity index (χ2n) is 6.10. The van der Waals surface area contributed by atoms with Crippen LogP contribution in [0, 0.1) is 11.3 Å². The molecule has 5 nitrogen and oxygen atoms in total. The van der Waals surface area contributed by atoms with E-state index in [1.165, 1.54) is 6.92 Å². The first-order chi connectivity index (χ1) is 9.06. The van der Waals surface area contributed by atoms with E-state index < -0.39 is 6.04 Å². The summed E-state index contributed by atoms with van der Waals surface area (Å²) in [4.78, 5) is 23.5. The van der Waals surface area contributed by atoms with Crippen molar-refractivity contribution in [3.63, 3.8) is 0 Å². The SMILES string of the molecule is CC(=O)NC(C(=O)NCC1(CO)CC1)C1CCCC1. The third-order valence-corrected chi connectivity index (χ3v) is 4.44. The molecule has 2 aliphatic carbocycles. The van der Waals surface area contributed by atoms with Gasteiger partial charge in [0.05, 0.1) is 6.61 Å². The highest BCUT2D eigenvalue weighted by molar-refractivity contribution is 5.87. The number of nitrogens with one attached hydrogen (secondary N) is 2. The Balaban J connectivity index is 1.89. The van der Waals surface area contributed by atoms with Crippen molar-refractivity contribution in [1.29, 1.82) is 0 Å². The van der Waals surface area contributed by atoms with Crippen molar-refractivity contribution in [3.8, 4) is 0 Å². The highest BCUT2D eigenvalue weighted by Crippen LogP contribution is 2.44. The lowest BCUT2D eigenvalue weighted by Gasteiger charge is -2.24. The van der Waals surface area contributed by atoms with Gasteiger partial charge in [-0.25, -0.2) is 0 Å². The first kappa shape index (κ1) is 14.3. The average molecular weight is 268 g/mol. The summed E-state index contributed by atoms with van der Waals surface area (Å²) in [6, 6.07) is -0.408. The molecular weight excluding hydrogens is 244 g/mol. The molecule has 0 aromatic heterocycles. The van der Waals surface area contributed by atoms with Crippen molar-refractivity contribution in [2.75, 3.05) is 13.2 Å². The molecule has 0 aromatic carbocycles. The predicted octanol–water partition coefficient (Wildman–Crippen LogP) is 0.570. The molecule has 0 heterocycles. The van der Waals surface area contributed by atoms with E-state index in [4.69, 9.17) is 0 Å². The van der Waals surface area contributed by atoms with Gasteiger partial charge in [-0.1, -0.05) is 12.8 Å². The first-order valence-electron chi connectivity index (χ1n) is 7.22. The second kappa shape index (κ2) is 5.90. The molecule has 0 bridgehead atoms. The Hall–Kier alpha value is -1.10. The summed E-state index contributed by atoms with van der Waals surface area (Å²) in [6.07, 6.45) is 6.21. The zero-order valence-electron chi connectivity index (χ0n) is 11.6. The number of rotatable bonds is 6. The normalized spacial score (nSPS) is 22.8. The molecule has 2 saturated carbocycles. The number of aliphatic hydroxyl groups excluding tert-OH is 1. The summed E-state index contributed by atoms with van der Waals surface area (Å²) in [5.74, 6) is 0.00495. The zero-order chi connectivity index (χ0) is 13.9. The van der Waals surface area contributed by atoms with Crippen molar-refractivity contribution < 1.29 is 14.7 Å². The number of hydrogen-bond acceptors (Lipinski definition) is 3. The first-order valence-corrected chi connectivity index (χ1v) is 7.22. The molecule has 2 rings (SSSR count). The van der Waals surface area contributed by atoms with Gasteiger partial charge >= 0.3 is 0 Å². The predicted molar refractivity (Wildman–Crippen MR) is 71.3 cm³/mol. The van der Waals surface area contributed by atoms with Crippen LogP contribution in [0.3, 0.4) is 0 Å². The maximum Gasteiger partial charge on any atom is 0.242 e. The van der Waals surface area contributed by atoms with Crippen molar-refractivity contribution in [1.82, 2.24) is 10.6 Å². The minimum Gasteiger partial charge on any atom is -0.396 e. The monoisotopic (exact) mass is 268 g/mol. The van der Waals surface area contributed by atoms with Gasteiger partial charge in [-0.2, -0.15) is 0 Å². The Bertz CT molecular complexity index is 347. The second-order valence-corrected chi connectivity index (χ2v) is 6.10. The van der Waals surface area contributed by atoms with Crippen molar-refractivity contribution >= 4 is 11.8 Å². The van der Waals surface area contributed by atoms with Crippen LogP contribution < -0.4 is 10.6 Å². The van der Waals surface area contributed by atoms with Crippen molar-refractivity contribution in [2.45, 2.75) is 51.5 Å². The Morgan fingerprint density at radius 1 is 1.32 bits per heavy atom. The maximum atomic E-state index is 12.2. The average Bonchev–Trinajstić information content (AvgIpc) is 2.97. The van der Waals surface area contributed by atoms with Crippen LogP contribution in [0.5, 0.6) is 0 Å². The van der Waals surface area contributed by atoms with Crippen molar-refractivity contribution in [2.24, 2.45) is 11.3 Å². The molecule has 2 amide bonds. The fourth-order valence-corrected chi connectivity index (χ4v) is 2.86. The molecule has 1 atom stereocenters. The van der Waals surface area contributed by atoms with Gasteiger partial charge in [0.1, 0.15) is 6.04 Å². The molecule has 0 saturated heterocycles. The largest absolute Gasteiger partial charge is 0.396 e. The zero-order valence-corrected chi connectivity index (χ0v) is 11.6. The molecular formula is C14H24N2O3. The molecule has 0 radical (unpaired) electrons. The lowest BCUT2D eigenvalue weighted by molar-refractivity contribution is -0.129. The lowest BCUT2D eigenvalue weighted by Crippen LogP contribution is -2.51. The van der Waals surface area contributed by atoms with Crippen LogP contribution in [0.2, 0.25) is 0 Å². The maximum absolute atomic E-state index is 12.2. The number of amides is 2.